The Balaban J connectivity index is 2.01. The third kappa shape index (κ3) is 2.42. The van der Waals surface area contributed by atoms with E-state index in [-0.39, 0.29) is 5.82 Å². The Labute approximate surface area is 141 Å². The molecule has 2 aromatic carbocycles. The van der Waals surface area contributed by atoms with Crippen LogP contribution in [0, 0.1) is 5.82 Å². The van der Waals surface area contributed by atoms with Crippen molar-refractivity contribution in [1.29, 1.82) is 0 Å². The highest BCUT2D eigenvalue weighted by atomic mass is 35.5. The van der Waals surface area contributed by atoms with Gasteiger partial charge in [0.05, 0.1) is 22.8 Å². The lowest BCUT2D eigenvalue weighted by molar-refractivity contribution is 0.625. The first-order chi connectivity index (χ1) is 11.1. The van der Waals surface area contributed by atoms with Crippen molar-refractivity contribution < 1.29 is 4.39 Å². The minimum atomic E-state index is -0.310. The number of rotatable bonds is 1. The molecule has 3 nitrogen and oxygen atoms in total. The maximum atomic E-state index is 14.3. The zero-order valence-electron chi connectivity index (χ0n) is 11.9. The second kappa shape index (κ2) is 5.44. The molecule has 1 aliphatic rings. The van der Waals surface area contributed by atoms with E-state index in [1.807, 2.05) is 6.07 Å². The van der Waals surface area contributed by atoms with E-state index in [0.717, 1.165) is 21.7 Å². The van der Waals surface area contributed by atoms with Crippen LogP contribution in [0.2, 0.25) is 5.02 Å². The number of fused-ring (bicyclic) bond motifs is 3. The fraction of sp³-hybridized carbons (Fsp3) is 0.0588. The molecule has 0 saturated carbocycles. The number of halogens is 2. The Bertz CT molecular complexity index is 949. The Morgan fingerprint density at radius 1 is 1.09 bits per heavy atom. The first kappa shape index (κ1) is 14.4. The van der Waals surface area contributed by atoms with Crippen LogP contribution in [0.1, 0.15) is 16.0 Å². The van der Waals surface area contributed by atoms with E-state index in [1.54, 1.807) is 30.3 Å². The van der Waals surface area contributed by atoms with Crippen molar-refractivity contribution in [3.8, 4) is 11.3 Å². The zero-order valence-corrected chi connectivity index (χ0v) is 13.5. The van der Waals surface area contributed by atoms with Crippen LogP contribution < -0.4 is 5.73 Å². The third-order valence-corrected chi connectivity index (χ3v) is 4.82. The predicted octanol–water partition coefficient (Wildman–Crippen LogP) is 4.54. The van der Waals surface area contributed by atoms with E-state index in [1.165, 1.54) is 17.4 Å². The predicted molar refractivity (Wildman–Crippen MR) is 92.7 cm³/mol. The normalized spacial score (nSPS) is 13.0. The lowest BCUT2D eigenvalue weighted by Gasteiger charge is -2.11. The molecule has 2 N–H and O–H groups in total. The summed E-state index contributed by atoms with van der Waals surface area (Å²) < 4.78 is 14.3. The summed E-state index contributed by atoms with van der Waals surface area (Å²) in [4.78, 5) is 10.0. The average molecular weight is 344 g/mol. The fourth-order valence-electron chi connectivity index (χ4n) is 2.73. The Morgan fingerprint density at radius 3 is 2.74 bits per heavy atom. The Hall–Kier alpha value is -2.24. The van der Waals surface area contributed by atoms with Gasteiger partial charge in [0.15, 0.2) is 5.13 Å². The molecule has 3 aromatic rings. The molecule has 0 atom stereocenters. The second-order valence-corrected chi connectivity index (χ2v) is 6.71. The van der Waals surface area contributed by atoms with Gasteiger partial charge in [-0.05, 0) is 24.3 Å². The van der Waals surface area contributed by atoms with Crippen LogP contribution in [0.15, 0.2) is 47.5 Å². The summed E-state index contributed by atoms with van der Waals surface area (Å²) >= 11 is 7.57. The van der Waals surface area contributed by atoms with E-state index >= 15 is 0 Å². The van der Waals surface area contributed by atoms with Gasteiger partial charge in [0, 0.05) is 21.7 Å². The number of nitrogens with two attached hydrogens (primary N) is 1. The number of benzene rings is 2. The summed E-state index contributed by atoms with van der Waals surface area (Å²) in [6.45, 7) is 0.417. The summed E-state index contributed by atoms with van der Waals surface area (Å²) in [6.07, 6.45) is 0. The molecule has 0 fully saturated rings. The maximum absolute atomic E-state index is 14.3. The van der Waals surface area contributed by atoms with E-state index in [4.69, 9.17) is 17.3 Å². The summed E-state index contributed by atoms with van der Waals surface area (Å²) in [5, 5.41) is 1.07. The Kier molecular flexibility index (Phi) is 3.39. The summed E-state index contributed by atoms with van der Waals surface area (Å²) in [5.41, 5.74) is 9.33. The second-order valence-electron chi connectivity index (χ2n) is 5.16. The van der Waals surface area contributed by atoms with Gasteiger partial charge in [-0.25, -0.2) is 9.37 Å². The van der Waals surface area contributed by atoms with Crippen molar-refractivity contribution in [2.24, 2.45) is 4.99 Å². The van der Waals surface area contributed by atoms with E-state index < -0.39 is 0 Å². The highest BCUT2D eigenvalue weighted by molar-refractivity contribution is 7.15. The summed E-state index contributed by atoms with van der Waals surface area (Å²) in [7, 11) is 0. The van der Waals surface area contributed by atoms with E-state index in [0.29, 0.717) is 28.0 Å². The lowest BCUT2D eigenvalue weighted by atomic mass is 9.96. The minimum absolute atomic E-state index is 0.310. The van der Waals surface area contributed by atoms with Crippen molar-refractivity contribution in [2.75, 3.05) is 5.73 Å². The zero-order chi connectivity index (χ0) is 16.0. The molecule has 0 aliphatic carbocycles. The molecule has 23 heavy (non-hydrogen) atoms. The first-order valence-electron chi connectivity index (χ1n) is 6.98. The topological polar surface area (TPSA) is 51.3 Å². The standard InChI is InChI=1S/C17H11ClFN3S/c18-9-5-6-10-12(7-9)15(11-3-1-2-4-13(11)19)21-8-14-16(10)22-17(20)23-14/h1-7H,8H2,(H2,20,22). The van der Waals surface area contributed by atoms with Gasteiger partial charge < -0.3 is 5.73 Å². The number of nitrogen functional groups attached to an aromatic ring is 1. The van der Waals surface area contributed by atoms with Crippen LogP contribution in [0.3, 0.4) is 0 Å². The van der Waals surface area contributed by atoms with Gasteiger partial charge in [0.25, 0.3) is 0 Å². The van der Waals surface area contributed by atoms with Gasteiger partial charge in [0.2, 0.25) is 0 Å². The van der Waals surface area contributed by atoms with Crippen molar-refractivity contribution in [3.05, 3.63) is 69.3 Å². The minimum Gasteiger partial charge on any atom is -0.375 e. The quantitative estimate of drug-likeness (QED) is 0.705. The Morgan fingerprint density at radius 2 is 1.91 bits per heavy atom. The molecular weight excluding hydrogens is 333 g/mol. The number of thiazole rings is 1. The van der Waals surface area contributed by atoms with Gasteiger partial charge in [-0.1, -0.05) is 41.1 Å². The fourth-order valence-corrected chi connectivity index (χ4v) is 3.67. The van der Waals surface area contributed by atoms with Crippen molar-refractivity contribution in [3.63, 3.8) is 0 Å². The molecule has 114 valence electrons. The molecule has 2 heterocycles. The number of hydrogen-bond donors (Lipinski definition) is 1. The molecule has 0 unspecified atom stereocenters. The van der Waals surface area contributed by atoms with Crippen molar-refractivity contribution in [1.82, 2.24) is 4.98 Å². The average Bonchev–Trinajstić information content (AvgIpc) is 2.83. The molecule has 0 bridgehead atoms. The summed E-state index contributed by atoms with van der Waals surface area (Å²) in [6, 6.07) is 12.1. The molecule has 0 amide bonds. The van der Waals surface area contributed by atoms with Gasteiger partial charge in [-0.15, -0.1) is 0 Å². The molecule has 0 radical (unpaired) electrons. The lowest BCUT2D eigenvalue weighted by Crippen LogP contribution is -2.07. The first-order valence-corrected chi connectivity index (χ1v) is 8.18. The van der Waals surface area contributed by atoms with Gasteiger partial charge >= 0.3 is 0 Å². The highest BCUT2D eigenvalue weighted by Gasteiger charge is 2.23. The monoisotopic (exact) mass is 343 g/mol. The number of aliphatic imine (C=N–C) groups is 1. The molecule has 0 spiro atoms. The van der Waals surface area contributed by atoms with E-state index in [9.17, 15) is 4.39 Å². The van der Waals surface area contributed by atoms with Crippen LogP contribution in [-0.4, -0.2) is 10.7 Å². The maximum Gasteiger partial charge on any atom is 0.180 e. The van der Waals surface area contributed by atoms with Crippen LogP contribution in [-0.2, 0) is 6.54 Å². The molecule has 4 rings (SSSR count). The molecule has 1 aliphatic heterocycles. The van der Waals surface area contributed by atoms with Crippen LogP contribution in [0.5, 0.6) is 0 Å². The van der Waals surface area contributed by atoms with Crippen LogP contribution in [0.25, 0.3) is 11.3 Å². The van der Waals surface area contributed by atoms with Crippen molar-refractivity contribution >= 4 is 33.8 Å². The van der Waals surface area contributed by atoms with Crippen molar-refractivity contribution in [2.45, 2.75) is 6.54 Å². The highest BCUT2D eigenvalue weighted by Crippen LogP contribution is 2.37. The number of aromatic nitrogens is 1. The van der Waals surface area contributed by atoms with Crippen LogP contribution >= 0.6 is 22.9 Å². The molecule has 1 aromatic heterocycles. The number of nitrogens with zero attached hydrogens (tertiary/aromatic N) is 2. The summed E-state index contributed by atoms with van der Waals surface area (Å²) in [5.74, 6) is -0.310. The SMILES string of the molecule is Nc1nc2c(s1)CN=C(c1ccccc1F)c1cc(Cl)ccc1-2. The van der Waals surface area contributed by atoms with Gasteiger partial charge in [-0.2, -0.15) is 0 Å². The van der Waals surface area contributed by atoms with Gasteiger partial charge in [-0.3, -0.25) is 4.99 Å². The molecular formula is C17H11ClFN3S. The van der Waals surface area contributed by atoms with E-state index in [2.05, 4.69) is 9.98 Å². The van der Waals surface area contributed by atoms with Crippen LogP contribution in [0.4, 0.5) is 9.52 Å². The largest absolute Gasteiger partial charge is 0.375 e. The smallest absolute Gasteiger partial charge is 0.180 e. The molecule has 0 saturated heterocycles. The van der Waals surface area contributed by atoms with Gasteiger partial charge in [0.1, 0.15) is 5.82 Å². The number of hydrogen-bond acceptors (Lipinski definition) is 4. The number of anilines is 1. The third-order valence-electron chi connectivity index (χ3n) is 3.72. The molecule has 6 heteroatoms.